The number of halogens is 3. The number of alkyl halides is 3. The van der Waals surface area contributed by atoms with Gasteiger partial charge in [-0.25, -0.2) is 8.42 Å². The first-order valence-electron chi connectivity index (χ1n) is 9.90. The fourth-order valence-corrected chi connectivity index (χ4v) is 5.44. The second-order valence-electron chi connectivity index (χ2n) is 7.55. The number of benzene rings is 2. The predicted molar refractivity (Wildman–Crippen MR) is 106 cm³/mol. The Labute approximate surface area is 178 Å². The van der Waals surface area contributed by atoms with E-state index >= 15 is 0 Å². The molecule has 1 amide bonds. The number of ether oxygens (including phenoxy) is 1. The van der Waals surface area contributed by atoms with Crippen LogP contribution in [0.15, 0.2) is 47.4 Å². The molecule has 0 aromatic heterocycles. The van der Waals surface area contributed by atoms with Crippen molar-refractivity contribution < 1.29 is 31.1 Å². The van der Waals surface area contributed by atoms with Gasteiger partial charge in [-0.3, -0.25) is 4.79 Å². The molecule has 0 bridgehead atoms. The Morgan fingerprint density at radius 3 is 2.19 bits per heavy atom. The fourth-order valence-electron chi connectivity index (χ4n) is 3.97. The number of amides is 1. The van der Waals surface area contributed by atoms with Crippen molar-refractivity contribution in [2.75, 3.05) is 26.2 Å². The van der Waals surface area contributed by atoms with Crippen LogP contribution in [0.4, 0.5) is 13.2 Å². The maximum Gasteiger partial charge on any atom is 0.573 e. The predicted octanol–water partition coefficient (Wildman–Crippen LogP) is 3.22. The molecule has 1 aliphatic carbocycles. The molecule has 1 aliphatic heterocycles. The van der Waals surface area contributed by atoms with Gasteiger partial charge in [0.1, 0.15) is 5.75 Å². The van der Waals surface area contributed by atoms with Gasteiger partial charge in [-0.05, 0) is 66.8 Å². The van der Waals surface area contributed by atoms with E-state index in [4.69, 9.17) is 0 Å². The molecule has 0 atom stereocenters. The van der Waals surface area contributed by atoms with Crippen molar-refractivity contribution in [2.45, 2.75) is 30.5 Å². The van der Waals surface area contributed by atoms with Crippen LogP contribution in [-0.2, 0) is 22.9 Å². The number of hydrogen-bond donors (Lipinski definition) is 0. The Morgan fingerprint density at radius 1 is 0.903 bits per heavy atom. The third-order valence-corrected chi connectivity index (χ3v) is 7.46. The second-order valence-corrected chi connectivity index (χ2v) is 9.49. The first kappa shape index (κ1) is 21.6. The minimum absolute atomic E-state index is 0.153. The average molecular weight is 454 g/mol. The maximum absolute atomic E-state index is 13.0. The molecule has 0 unspecified atom stereocenters. The SMILES string of the molecule is O=C(c1ccc(OC(F)(F)F)cc1)N1CCN(S(=O)(=O)c2ccc3c(c2)CCC3)CC1. The van der Waals surface area contributed by atoms with E-state index in [2.05, 4.69) is 4.74 Å². The molecule has 2 aliphatic rings. The van der Waals surface area contributed by atoms with Crippen molar-refractivity contribution in [3.05, 3.63) is 59.2 Å². The lowest BCUT2D eigenvalue weighted by atomic mass is 10.1. The van der Waals surface area contributed by atoms with Crippen molar-refractivity contribution in [2.24, 2.45) is 0 Å². The number of fused-ring (bicyclic) bond motifs is 1. The molecule has 2 aromatic carbocycles. The van der Waals surface area contributed by atoms with Gasteiger partial charge in [-0.2, -0.15) is 4.31 Å². The highest BCUT2D eigenvalue weighted by Gasteiger charge is 2.32. The van der Waals surface area contributed by atoms with E-state index in [1.807, 2.05) is 6.07 Å². The van der Waals surface area contributed by atoms with Crippen LogP contribution in [0.2, 0.25) is 0 Å². The largest absolute Gasteiger partial charge is 0.573 e. The second kappa shape index (κ2) is 8.16. The number of carbonyl (C=O) groups is 1. The number of carbonyl (C=O) groups excluding carboxylic acids is 1. The summed E-state index contributed by atoms with van der Waals surface area (Å²) in [5.41, 5.74) is 2.48. The van der Waals surface area contributed by atoms with Gasteiger partial charge in [0.25, 0.3) is 5.91 Å². The summed E-state index contributed by atoms with van der Waals surface area (Å²) in [5.74, 6) is -0.776. The molecule has 0 spiro atoms. The quantitative estimate of drug-likeness (QED) is 0.712. The van der Waals surface area contributed by atoms with Crippen molar-refractivity contribution in [3.63, 3.8) is 0 Å². The third-order valence-electron chi connectivity index (χ3n) is 5.57. The zero-order chi connectivity index (χ0) is 22.2. The van der Waals surface area contributed by atoms with E-state index in [9.17, 15) is 26.4 Å². The lowest BCUT2D eigenvalue weighted by Crippen LogP contribution is -2.50. The third kappa shape index (κ3) is 4.69. The Morgan fingerprint density at radius 2 is 1.55 bits per heavy atom. The summed E-state index contributed by atoms with van der Waals surface area (Å²) < 4.78 is 68.0. The van der Waals surface area contributed by atoms with Crippen LogP contribution in [0.25, 0.3) is 0 Å². The minimum atomic E-state index is -4.80. The molecular weight excluding hydrogens is 433 g/mol. The smallest absolute Gasteiger partial charge is 0.406 e. The number of aryl methyl sites for hydroxylation is 2. The highest BCUT2D eigenvalue weighted by atomic mass is 32.2. The first-order valence-corrected chi connectivity index (χ1v) is 11.3. The summed E-state index contributed by atoms with van der Waals surface area (Å²) in [6.07, 6.45) is -1.91. The molecule has 0 radical (unpaired) electrons. The topological polar surface area (TPSA) is 66.9 Å². The van der Waals surface area contributed by atoms with Gasteiger partial charge in [0, 0.05) is 31.7 Å². The van der Waals surface area contributed by atoms with E-state index in [0.717, 1.165) is 37.0 Å². The summed E-state index contributed by atoms with van der Waals surface area (Å²) in [6, 6.07) is 9.95. The monoisotopic (exact) mass is 454 g/mol. The molecule has 0 N–H and O–H groups in total. The molecule has 1 heterocycles. The molecule has 10 heteroatoms. The standard InChI is InChI=1S/C21H21F3N2O4S/c22-21(23,24)30-18-7-4-16(5-8-18)20(27)25-10-12-26(13-11-25)31(28,29)19-9-6-15-2-1-3-17(15)14-19/h4-9,14H,1-3,10-13H2. The minimum Gasteiger partial charge on any atom is -0.406 e. The van der Waals surface area contributed by atoms with Gasteiger partial charge in [0.15, 0.2) is 0 Å². The van der Waals surface area contributed by atoms with Gasteiger partial charge >= 0.3 is 6.36 Å². The zero-order valence-corrected chi connectivity index (χ0v) is 17.4. The number of sulfonamides is 1. The number of rotatable bonds is 4. The molecule has 6 nitrogen and oxygen atoms in total. The van der Waals surface area contributed by atoms with E-state index in [1.54, 1.807) is 12.1 Å². The number of piperazine rings is 1. The van der Waals surface area contributed by atoms with Gasteiger partial charge in [-0.1, -0.05) is 6.07 Å². The first-order chi connectivity index (χ1) is 14.6. The number of hydrogen-bond acceptors (Lipinski definition) is 4. The van der Waals surface area contributed by atoms with E-state index in [1.165, 1.54) is 26.9 Å². The van der Waals surface area contributed by atoms with Crippen LogP contribution in [0, 0.1) is 0 Å². The zero-order valence-electron chi connectivity index (χ0n) is 16.6. The van der Waals surface area contributed by atoms with E-state index in [-0.39, 0.29) is 42.5 Å². The van der Waals surface area contributed by atoms with Crippen molar-refractivity contribution in [1.82, 2.24) is 9.21 Å². The van der Waals surface area contributed by atoms with Crippen molar-refractivity contribution >= 4 is 15.9 Å². The van der Waals surface area contributed by atoms with Crippen LogP contribution in [0.1, 0.15) is 27.9 Å². The molecule has 166 valence electrons. The van der Waals surface area contributed by atoms with Gasteiger partial charge in [0.2, 0.25) is 10.0 Å². The van der Waals surface area contributed by atoms with Crippen LogP contribution in [0.3, 0.4) is 0 Å². The molecular formula is C21H21F3N2O4S. The Kier molecular flexibility index (Phi) is 5.69. The van der Waals surface area contributed by atoms with Gasteiger partial charge in [0.05, 0.1) is 4.90 Å². The van der Waals surface area contributed by atoms with Crippen LogP contribution in [-0.4, -0.2) is 56.1 Å². The van der Waals surface area contributed by atoms with E-state index < -0.39 is 22.1 Å². The van der Waals surface area contributed by atoms with Crippen LogP contribution >= 0.6 is 0 Å². The molecule has 31 heavy (non-hydrogen) atoms. The maximum atomic E-state index is 13.0. The Hall–Kier alpha value is -2.59. The summed E-state index contributed by atoms with van der Waals surface area (Å²) in [7, 11) is -3.65. The summed E-state index contributed by atoms with van der Waals surface area (Å²) in [6.45, 7) is 0.703. The van der Waals surface area contributed by atoms with Crippen molar-refractivity contribution in [3.8, 4) is 5.75 Å². The molecule has 4 rings (SSSR count). The molecule has 1 fully saturated rings. The van der Waals surface area contributed by atoms with Crippen molar-refractivity contribution in [1.29, 1.82) is 0 Å². The molecule has 0 saturated carbocycles. The van der Waals surface area contributed by atoms with Crippen LogP contribution in [0.5, 0.6) is 5.75 Å². The Bertz CT molecular complexity index is 1080. The van der Waals surface area contributed by atoms with Crippen LogP contribution < -0.4 is 4.74 Å². The van der Waals surface area contributed by atoms with Gasteiger partial charge in [-0.15, -0.1) is 13.2 Å². The summed E-state index contributed by atoms with van der Waals surface area (Å²) in [5, 5.41) is 0. The number of nitrogens with zero attached hydrogens (tertiary/aromatic N) is 2. The van der Waals surface area contributed by atoms with E-state index in [0.29, 0.717) is 0 Å². The summed E-state index contributed by atoms with van der Waals surface area (Å²) in [4.78, 5) is 14.4. The lowest BCUT2D eigenvalue weighted by Gasteiger charge is -2.34. The normalized spacial score (nSPS) is 17.5. The fraction of sp³-hybridized carbons (Fsp3) is 0.381. The highest BCUT2D eigenvalue weighted by molar-refractivity contribution is 7.89. The Balaban J connectivity index is 1.39. The highest BCUT2D eigenvalue weighted by Crippen LogP contribution is 2.27. The molecule has 2 aromatic rings. The molecule has 1 saturated heterocycles. The average Bonchev–Trinajstić information content (AvgIpc) is 3.21. The van der Waals surface area contributed by atoms with Gasteiger partial charge < -0.3 is 9.64 Å². The lowest BCUT2D eigenvalue weighted by molar-refractivity contribution is -0.274. The summed E-state index contributed by atoms with van der Waals surface area (Å²) >= 11 is 0.